The number of carbonyl (C=O) groups is 2. The second-order valence-corrected chi connectivity index (χ2v) is 10.4. The van der Waals surface area contributed by atoms with Crippen LogP contribution in [-0.2, 0) is 9.53 Å². The van der Waals surface area contributed by atoms with Gasteiger partial charge in [0.1, 0.15) is 6.04 Å². The monoisotopic (exact) mass is 488 g/mol. The molecule has 1 N–H and O–H groups in total. The molecule has 34 heavy (non-hydrogen) atoms. The van der Waals surface area contributed by atoms with Crippen LogP contribution in [0.4, 0.5) is 10.7 Å². The number of amides is 2. The first-order valence-electron chi connectivity index (χ1n) is 11.6. The molecular formula is C24H33ClN6O3. The number of nitrogens with one attached hydrogen (secondary N) is 1. The largest absolute Gasteiger partial charge is 0.416 e. The predicted molar refractivity (Wildman–Crippen MR) is 133 cm³/mol. The Morgan fingerprint density at radius 2 is 1.85 bits per heavy atom. The Balaban J connectivity index is 1.46. The van der Waals surface area contributed by atoms with E-state index in [-0.39, 0.29) is 11.4 Å². The summed E-state index contributed by atoms with van der Waals surface area (Å²) in [6, 6.07) is 4.98. The molecule has 0 radical (unpaired) electrons. The SMILES string of the molecule is C=C(C)OC(=O)N1CCN(C(C)(C)C)CC1C(=O)N1CCN(c2nc3cc(Cl)ccc3[nH]2)CC1. The van der Waals surface area contributed by atoms with Crippen molar-refractivity contribution >= 4 is 40.6 Å². The minimum Gasteiger partial charge on any atom is -0.416 e. The molecule has 1 unspecified atom stereocenters. The maximum atomic E-state index is 13.6. The fraction of sp³-hybridized carbons (Fsp3) is 0.542. The maximum Gasteiger partial charge on any atom is 0.415 e. The van der Waals surface area contributed by atoms with E-state index >= 15 is 0 Å². The molecule has 3 heterocycles. The Morgan fingerprint density at radius 1 is 1.15 bits per heavy atom. The van der Waals surface area contributed by atoms with Crippen LogP contribution in [0.15, 0.2) is 30.5 Å². The van der Waals surface area contributed by atoms with Crippen molar-refractivity contribution < 1.29 is 14.3 Å². The number of nitrogens with zero attached hydrogens (tertiary/aromatic N) is 5. The van der Waals surface area contributed by atoms with Crippen LogP contribution in [0, 0.1) is 0 Å². The standard InChI is InChI=1S/C24H33ClN6O3/c1-16(2)34-23(33)31-13-12-30(24(3,4)5)15-20(31)21(32)28-8-10-29(11-9-28)22-26-18-7-6-17(25)14-19(18)27-22/h6-7,14,20H,1,8-13,15H2,2-5H3,(H,26,27). The molecule has 2 saturated heterocycles. The number of carbonyl (C=O) groups excluding carboxylic acids is 2. The summed E-state index contributed by atoms with van der Waals surface area (Å²) in [5.74, 6) is 1.03. The van der Waals surface area contributed by atoms with Crippen molar-refractivity contribution in [3.8, 4) is 0 Å². The van der Waals surface area contributed by atoms with Crippen molar-refractivity contribution in [2.45, 2.75) is 39.3 Å². The summed E-state index contributed by atoms with van der Waals surface area (Å²) >= 11 is 6.08. The zero-order valence-corrected chi connectivity index (χ0v) is 21.1. The van der Waals surface area contributed by atoms with E-state index in [1.54, 1.807) is 11.8 Å². The van der Waals surface area contributed by atoms with Gasteiger partial charge < -0.3 is 19.5 Å². The number of hydrogen-bond acceptors (Lipinski definition) is 6. The van der Waals surface area contributed by atoms with E-state index in [0.717, 1.165) is 17.0 Å². The lowest BCUT2D eigenvalue weighted by atomic mass is 10.0. The highest BCUT2D eigenvalue weighted by Crippen LogP contribution is 2.24. The lowest BCUT2D eigenvalue weighted by molar-refractivity contribution is -0.140. The molecule has 2 aliphatic heterocycles. The van der Waals surface area contributed by atoms with Crippen molar-refractivity contribution in [1.82, 2.24) is 24.7 Å². The topological polar surface area (TPSA) is 85.0 Å². The number of allylic oxidation sites excluding steroid dienone is 1. The highest BCUT2D eigenvalue weighted by Gasteiger charge is 2.41. The van der Waals surface area contributed by atoms with Gasteiger partial charge in [0.15, 0.2) is 0 Å². The van der Waals surface area contributed by atoms with Gasteiger partial charge >= 0.3 is 6.09 Å². The normalized spacial score (nSPS) is 20.0. The van der Waals surface area contributed by atoms with Crippen LogP contribution in [0.2, 0.25) is 5.02 Å². The molecule has 0 aliphatic carbocycles. The van der Waals surface area contributed by atoms with Crippen molar-refractivity contribution in [2.75, 3.05) is 50.7 Å². The number of hydrogen-bond donors (Lipinski definition) is 1. The second kappa shape index (κ2) is 9.46. The van der Waals surface area contributed by atoms with Gasteiger partial charge in [-0.15, -0.1) is 0 Å². The molecule has 1 atom stereocenters. The van der Waals surface area contributed by atoms with Gasteiger partial charge in [-0.2, -0.15) is 0 Å². The average Bonchev–Trinajstić information content (AvgIpc) is 3.20. The van der Waals surface area contributed by atoms with Crippen LogP contribution < -0.4 is 4.90 Å². The number of imidazole rings is 1. The van der Waals surface area contributed by atoms with E-state index in [4.69, 9.17) is 16.3 Å². The van der Waals surface area contributed by atoms with Crippen LogP contribution in [0.3, 0.4) is 0 Å². The van der Waals surface area contributed by atoms with Gasteiger partial charge in [-0.05, 0) is 45.9 Å². The average molecular weight is 489 g/mol. The molecule has 0 saturated carbocycles. The number of rotatable bonds is 3. The van der Waals surface area contributed by atoms with Gasteiger partial charge in [-0.25, -0.2) is 9.78 Å². The Labute approximate surface area is 205 Å². The minimum atomic E-state index is -0.597. The van der Waals surface area contributed by atoms with E-state index in [2.05, 4.69) is 47.1 Å². The van der Waals surface area contributed by atoms with Crippen LogP contribution in [0.25, 0.3) is 11.0 Å². The van der Waals surface area contributed by atoms with Crippen molar-refractivity contribution in [3.05, 3.63) is 35.6 Å². The first-order chi connectivity index (χ1) is 16.0. The molecule has 9 nitrogen and oxygen atoms in total. The van der Waals surface area contributed by atoms with Gasteiger partial charge in [0, 0.05) is 56.4 Å². The Hall–Kier alpha value is -2.78. The molecule has 0 spiro atoms. The first-order valence-corrected chi connectivity index (χ1v) is 12.0. The summed E-state index contributed by atoms with van der Waals surface area (Å²) in [6.45, 7) is 15.6. The van der Waals surface area contributed by atoms with Gasteiger partial charge in [-0.1, -0.05) is 18.2 Å². The molecule has 2 fully saturated rings. The zero-order chi connectivity index (χ0) is 24.6. The number of benzene rings is 1. The summed E-state index contributed by atoms with van der Waals surface area (Å²) in [5, 5.41) is 0.646. The Kier molecular flexibility index (Phi) is 6.78. The van der Waals surface area contributed by atoms with Crippen molar-refractivity contribution in [1.29, 1.82) is 0 Å². The molecule has 0 bridgehead atoms. The fourth-order valence-corrected chi connectivity index (χ4v) is 4.66. The minimum absolute atomic E-state index is 0.0522. The summed E-state index contributed by atoms with van der Waals surface area (Å²) in [4.78, 5) is 42.1. The number of anilines is 1. The van der Waals surface area contributed by atoms with Crippen molar-refractivity contribution in [3.63, 3.8) is 0 Å². The number of H-pyrrole nitrogens is 1. The third-order valence-electron chi connectivity index (χ3n) is 6.43. The number of halogens is 1. The molecule has 4 rings (SSSR count). The van der Waals surface area contributed by atoms with Crippen LogP contribution >= 0.6 is 11.6 Å². The van der Waals surface area contributed by atoms with Crippen LogP contribution in [-0.4, -0.2) is 94.1 Å². The van der Waals surface area contributed by atoms with Gasteiger partial charge in [0.05, 0.1) is 16.8 Å². The molecule has 184 valence electrons. The third-order valence-corrected chi connectivity index (χ3v) is 6.67. The lowest BCUT2D eigenvalue weighted by Crippen LogP contribution is -2.65. The predicted octanol–water partition coefficient (Wildman–Crippen LogP) is 3.32. The number of aromatic nitrogens is 2. The molecular weight excluding hydrogens is 456 g/mol. The molecule has 2 aromatic rings. The van der Waals surface area contributed by atoms with E-state index in [0.29, 0.717) is 56.6 Å². The number of fused-ring (bicyclic) bond motifs is 1. The van der Waals surface area contributed by atoms with Crippen LogP contribution in [0.5, 0.6) is 0 Å². The number of ether oxygens (including phenoxy) is 1. The Morgan fingerprint density at radius 3 is 2.50 bits per heavy atom. The Bertz CT molecular complexity index is 1090. The molecule has 10 heteroatoms. The van der Waals surface area contributed by atoms with Gasteiger partial charge in [0.2, 0.25) is 11.9 Å². The highest BCUT2D eigenvalue weighted by molar-refractivity contribution is 6.31. The summed E-state index contributed by atoms with van der Waals surface area (Å²) in [5.41, 5.74) is 1.64. The third kappa shape index (κ3) is 5.15. The molecule has 2 amide bonds. The van der Waals surface area contributed by atoms with E-state index in [1.165, 1.54) is 0 Å². The van der Waals surface area contributed by atoms with Crippen molar-refractivity contribution in [2.24, 2.45) is 0 Å². The first kappa shape index (κ1) is 24.3. The summed E-state index contributed by atoms with van der Waals surface area (Å²) < 4.78 is 5.26. The van der Waals surface area contributed by atoms with Crippen LogP contribution in [0.1, 0.15) is 27.7 Å². The second-order valence-electron chi connectivity index (χ2n) is 9.93. The van der Waals surface area contributed by atoms with E-state index in [1.807, 2.05) is 23.1 Å². The highest BCUT2D eigenvalue weighted by atomic mass is 35.5. The molecule has 1 aromatic carbocycles. The zero-order valence-electron chi connectivity index (χ0n) is 20.3. The molecule has 1 aromatic heterocycles. The summed E-state index contributed by atoms with van der Waals surface area (Å²) in [7, 11) is 0. The molecule has 2 aliphatic rings. The van der Waals surface area contributed by atoms with E-state index < -0.39 is 12.1 Å². The number of aromatic amines is 1. The maximum absolute atomic E-state index is 13.6. The fourth-order valence-electron chi connectivity index (χ4n) is 4.49. The quantitative estimate of drug-likeness (QED) is 0.667. The van der Waals surface area contributed by atoms with E-state index in [9.17, 15) is 9.59 Å². The summed E-state index contributed by atoms with van der Waals surface area (Å²) in [6.07, 6.45) is -0.515. The smallest absolute Gasteiger partial charge is 0.415 e. The van der Waals surface area contributed by atoms with Gasteiger partial charge in [0.25, 0.3) is 0 Å². The van der Waals surface area contributed by atoms with Gasteiger partial charge in [-0.3, -0.25) is 14.6 Å². The number of piperazine rings is 2. The lowest BCUT2D eigenvalue weighted by Gasteiger charge is -2.47.